The van der Waals surface area contributed by atoms with Crippen LogP contribution in [-0.2, 0) is 12.2 Å². The summed E-state index contributed by atoms with van der Waals surface area (Å²) < 4.78 is 5.60. The van der Waals surface area contributed by atoms with Crippen LogP contribution in [0.3, 0.4) is 0 Å². The Balaban J connectivity index is 1.82. The molecule has 1 aromatic heterocycles. The van der Waals surface area contributed by atoms with E-state index in [1.807, 2.05) is 12.1 Å². The van der Waals surface area contributed by atoms with Crippen LogP contribution in [0.1, 0.15) is 18.4 Å². The minimum Gasteiger partial charge on any atom is -0.465 e. The highest BCUT2D eigenvalue weighted by atomic mass is 32.2. The maximum absolute atomic E-state index is 9.60. The van der Waals surface area contributed by atoms with Crippen molar-refractivity contribution in [2.24, 2.45) is 0 Å². The van der Waals surface area contributed by atoms with Gasteiger partial charge in [0, 0.05) is 24.8 Å². The number of thioether (sulfide) groups is 1. The molecule has 2 heterocycles. The molecule has 1 aromatic rings. The van der Waals surface area contributed by atoms with Crippen molar-refractivity contribution in [2.45, 2.75) is 30.5 Å². The Morgan fingerprint density at radius 1 is 1.47 bits per heavy atom. The maximum Gasteiger partial charge on any atom is 0.114 e. The summed E-state index contributed by atoms with van der Waals surface area (Å²) in [5.41, 5.74) is 0. The van der Waals surface area contributed by atoms with Crippen molar-refractivity contribution in [1.29, 1.82) is 0 Å². The molecule has 2 N–H and O–H groups in total. The molecular weight excluding hydrogens is 210 g/mol. The average molecular weight is 227 g/mol. The topological polar surface area (TPSA) is 45.4 Å². The lowest BCUT2D eigenvalue weighted by Crippen LogP contribution is -2.20. The van der Waals surface area contributed by atoms with Crippen molar-refractivity contribution in [1.82, 2.24) is 5.32 Å². The normalized spacial score (nSPS) is 26.0. The minimum absolute atomic E-state index is 0.212. The molecule has 3 nitrogen and oxygen atoms in total. The number of hydrogen-bond acceptors (Lipinski definition) is 4. The molecule has 0 bridgehead atoms. The van der Waals surface area contributed by atoms with E-state index in [9.17, 15) is 5.11 Å². The molecule has 84 valence electrons. The van der Waals surface area contributed by atoms with Gasteiger partial charge in [-0.25, -0.2) is 0 Å². The largest absolute Gasteiger partial charge is 0.465 e. The number of rotatable bonds is 4. The first kappa shape index (κ1) is 11.0. The molecule has 2 rings (SSSR count). The van der Waals surface area contributed by atoms with Gasteiger partial charge in [-0.05, 0) is 12.1 Å². The van der Waals surface area contributed by atoms with Gasteiger partial charge in [0.2, 0.25) is 0 Å². The van der Waals surface area contributed by atoms with Crippen LogP contribution in [0.25, 0.3) is 0 Å². The number of aryl methyl sites for hydroxylation is 1. The third kappa shape index (κ3) is 2.77. The van der Waals surface area contributed by atoms with Gasteiger partial charge in [-0.1, -0.05) is 6.92 Å². The molecular formula is C11H17NO2S. The summed E-state index contributed by atoms with van der Waals surface area (Å²) in [6.07, 6.45) is 0.730. The zero-order valence-electron chi connectivity index (χ0n) is 8.90. The molecule has 0 unspecified atom stereocenters. The van der Waals surface area contributed by atoms with Crippen LogP contribution in [0.5, 0.6) is 0 Å². The second kappa shape index (κ2) is 5.05. The van der Waals surface area contributed by atoms with E-state index >= 15 is 0 Å². The quantitative estimate of drug-likeness (QED) is 0.816. The molecule has 0 spiro atoms. The van der Waals surface area contributed by atoms with Crippen molar-refractivity contribution in [3.63, 3.8) is 0 Å². The molecule has 1 saturated heterocycles. The van der Waals surface area contributed by atoms with E-state index in [0.29, 0.717) is 5.25 Å². The van der Waals surface area contributed by atoms with E-state index in [1.54, 1.807) is 11.8 Å². The molecule has 0 radical (unpaired) electrons. The van der Waals surface area contributed by atoms with E-state index in [0.717, 1.165) is 36.8 Å². The predicted octanol–water partition coefficient (Wildman–Crippen LogP) is 1.41. The predicted molar refractivity (Wildman–Crippen MR) is 62.0 cm³/mol. The lowest BCUT2D eigenvalue weighted by atomic mass is 10.3. The molecule has 4 heteroatoms. The van der Waals surface area contributed by atoms with Gasteiger partial charge in [0.25, 0.3) is 0 Å². The van der Waals surface area contributed by atoms with Crippen LogP contribution in [0.15, 0.2) is 16.5 Å². The Morgan fingerprint density at radius 2 is 2.27 bits per heavy atom. The number of aliphatic hydroxyl groups excluding tert-OH is 1. The van der Waals surface area contributed by atoms with Gasteiger partial charge in [-0.3, -0.25) is 0 Å². The third-order valence-electron chi connectivity index (χ3n) is 2.63. The molecule has 2 atom stereocenters. The zero-order chi connectivity index (χ0) is 10.7. The Morgan fingerprint density at radius 3 is 2.87 bits per heavy atom. The summed E-state index contributed by atoms with van der Waals surface area (Å²) in [5, 5.41) is 13.1. The van der Waals surface area contributed by atoms with E-state index < -0.39 is 0 Å². The van der Waals surface area contributed by atoms with Gasteiger partial charge in [-0.15, -0.1) is 11.8 Å². The summed E-state index contributed by atoms with van der Waals surface area (Å²) in [4.78, 5) is 0. The number of aliphatic hydroxyl groups is 1. The summed E-state index contributed by atoms with van der Waals surface area (Å²) in [6.45, 7) is 3.70. The molecule has 1 aliphatic rings. The summed E-state index contributed by atoms with van der Waals surface area (Å²) in [7, 11) is 0. The van der Waals surface area contributed by atoms with Crippen molar-refractivity contribution < 1.29 is 9.52 Å². The Kier molecular flexibility index (Phi) is 3.72. The van der Waals surface area contributed by atoms with Crippen LogP contribution in [0.4, 0.5) is 0 Å². The van der Waals surface area contributed by atoms with Crippen molar-refractivity contribution >= 4 is 11.8 Å². The second-order valence-corrected chi connectivity index (χ2v) is 5.02. The van der Waals surface area contributed by atoms with E-state index in [1.165, 1.54) is 0 Å². The fourth-order valence-electron chi connectivity index (χ4n) is 1.69. The van der Waals surface area contributed by atoms with Crippen molar-refractivity contribution in [3.8, 4) is 0 Å². The first-order chi connectivity index (χ1) is 7.29. The van der Waals surface area contributed by atoms with Crippen molar-refractivity contribution in [3.05, 3.63) is 23.7 Å². The average Bonchev–Trinajstić information content (AvgIpc) is 2.84. The fraction of sp³-hybridized carbons (Fsp3) is 0.636. The Labute approximate surface area is 94.2 Å². The van der Waals surface area contributed by atoms with E-state index in [-0.39, 0.29) is 6.10 Å². The smallest absolute Gasteiger partial charge is 0.114 e. The van der Waals surface area contributed by atoms with Crippen LogP contribution >= 0.6 is 11.8 Å². The molecule has 1 fully saturated rings. The van der Waals surface area contributed by atoms with Gasteiger partial charge in [0.05, 0.1) is 11.9 Å². The molecule has 0 saturated carbocycles. The zero-order valence-corrected chi connectivity index (χ0v) is 9.72. The number of β-amino-alcohol motifs (C(OH)–C–C–N with tert-alkyl or cyclic N) is 1. The van der Waals surface area contributed by atoms with Gasteiger partial charge in [0.1, 0.15) is 11.5 Å². The Bertz CT molecular complexity index is 313. The van der Waals surface area contributed by atoms with Crippen LogP contribution in [0, 0.1) is 0 Å². The van der Waals surface area contributed by atoms with Gasteiger partial charge in [0.15, 0.2) is 0 Å². The number of hydrogen-bond donors (Lipinski definition) is 2. The fourth-order valence-corrected chi connectivity index (χ4v) is 2.78. The number of furan rings is 1. The lowest BCUT2D eigenvalue weighted by molar-refractivity contribution is 0.201. The van der Waals surface area contributed by atoms with Crippen LogP contribution in [0.2, 0.25) is 0 Å². The summed E-state index contributed by atoms with van der Waals surface area (Å²) in [6, 6.07) is 4.06. The first-order valence-electron chi connectivity index (χ1n) is 5.37. The summed E-state index contributed by atoms with van der Waals surface area (Å²) in [5.74, 6) is 2.90. The second-order valence-electron chi connectivity index (χ2n) is 3.80. The van der Waals surface area contributed by atoms with Crippen LogP contribution < -0.4 is 5.32 Å². The highest BCUT2D eigenvalue weighted by molar-refractivity contribution is 7.99. The highest BCUT2D eigenvalue weighted by Crippen LogP contribution is 2.23. The SMILES string of the molecule is CCc1ccc(CS[C@@H]2CNC[C@H]2O)o1. The van der Waals surface area contributed by atoms with E-state index in [2.05, 4.69) is 12.2 Å². The number of nitrogens with one attached hydrogen (secondary N) is 1. The molecule has 0 amide bonds. The molecule has 0 aliphatic carbocycles. The van der Waals surface area contributed by atoms with E-state index in [4.69, 9.17) is 4.42 Å². The molecule has 15 heavy (non-hydrogen) atoms. The van der Waals surface area contributed by atoms with Gasteiger partial charge in [-0.2, -0.15) is 0 Å². The Hall–Kier alpha value is -0.450. The van der Waals surface area contributed by atoms with Crippen LogP contribution in [-0.4, -0.2) is 29.5 Å². The molecule has 0 aromatic carbocycles. The molecule has 1 aliphatic heterocycles. The summed E-state index contributed by atoms with van der Waals surface area (Å²) >= 11 is 1.76. The monoisotopic (exact) mass is 227 g/mol. The van der Waals surface area contributed by atoms with Gasteiger partial charge < -0.3 is 14.8 Å². The highest BCUT2D eigenvalue weighted by Gasteiger charge is 2.25. The lowest BCUT2D eigenvalue weighted by Gasteiger charge is -2.11. The third-order valence-corrected chi connectivity index (χ3v) is 3.99. The standard InChI is InChI=1S/C11H17NO2S/c1-2-8-3-4-9(14-8)7-15-11-6-12-5-10(11)13/h3-4,10-13H,2,5-7H2,1H3/t10-,11-/m1/s1. The van der Waals surface area contributed by atoms with Gasteiger partial charge >= 0.3 is 0 Å². The first-order valence-corrected chi connectivity index (χ1v) is 6.42. The van der Waals surface area contributed by atoms with Crippen molar-refractivity contribution in [2.75, 3.05) is 13.1 Å². The minimum atomic E-state index is -0.212. The maximum atomic E-state index is 9.60.